The molecule has 0 spiro atoms. The number of anilines is 4. The molecule has 1 fully saturated rings. The monoisotopic (exact) mass is 519 g/mol. The topological polar surface area (TPSA) is 114 Å². The normalized spacial score (nSPS) is 14.8. The Morgan fingerprint density at radius 2 is 1.78 bits per heavy atom. The van der Waals surface area contributed by atoms with Crippen molar-refractivity contribution < 1.29 is 19.1 Å². The maximum absolute atomic E-state index is 13.0. The molecule has 37 heavy (non-hydrogen) atoms. The fraction of sp³-hybridized carbons (Fsp3) is 0.222. The third-order valence-electron chi connectivity index (χ3n) is 6.38. The zero-order valence-electron chi connectivity index (χ0n) is 20.4. The average Bonchev–Trinajstić information content (AvgIpc) is 3.72. The first-order valence-corrected chi connectivity index (χ1v) is 12.2. The second-order valence-electron chi connectivity index (χ2n) is 8.77. The number of carbonyl (C=O) groups is 2. The second-order valence-corrected chi connectivity index (χ2v) is 9.17. The van der Waals surface area contributed by atoms with Gasteiger partial charge in [-0.25, -0.2) is 4.98 Å². The van der Waals surface area contributed by atoms with Gasteiger partial charge in [0.1, 0.15) is 21.9 Å². The Balaban J connectivity index is 1.29. The highest BCUT2D eigenvalue weighted by molar-refractivity contribution is 6.32. The highest BCUT2D eigenvalue weighted by Crippen LogP contribution is 2.47. The van der Waals surface area contributed by atoms with E-state index < -0.39 is 11.3 Å². The summed E-state index contributed by atoms with van der Waals surface area (Å²) in [5, 5.41) is 12.2. The molecule has 190 valence electrons. The molecular formula is C27H26ClN5O4. The summed E-state index contributed by atoms with van der Waals surface area (Å²) < 4.78 is 11.5. The summed E-state index contributed by atoms with van der Waals surface area (Å²) in [5.41, 5.74) is 2.44. The summed E-state index contributed by atoms with van der Waals surface area (Å²) in [7, 11) is 3.43. The highest BCUT2D eigenvalue weighted by Gasteiger charge is 2.56. The first-order valence-electron chi connectivity index (χ1n) is 11.8. The number of hydrogen-bond acceptors (Lipinski definition) is 7. The lowest BCUT2D eigenvalue weighted by molar-refractivity contribution is -0.131. The zero-order valence-corrected chi connectivity index (χ0v) is 21.1. The number of rotatable bonds is 8. The lowest BCUT2D eigenvalue weighted by Crippen LogP contribution is -2.35. The predicted octanol–water partition coefficient (Wildman–Crippen LogP) is 4.99. The van der Waals surface area contributed by atoms with Gasteiger partial charge in [0.2, 0.25) is 17.7 Å². The molecule has 0 atom stereocenters. The van der Waals surface area contributed by atoms with Crippen LogP contribution in [0, 0.1) is 5.41 Å². The van der Waals surface area contributed by atoms with Gasteiger partial charge in [-0.2, -0.15) is 0 Å². The van der Waals surface area contributed by atoms with E-state index in [-0.39, 0.29) is 16.8 Å². The molecule has 1 aliphatic heterocycles. The van der Waals surface area contributed by atoms with Crippen molar-refractivity contribution in [1.29, 1.82) is 0 Å². The van der Waals surface area contributed by atoms with Crippen LogP contribution in [0.3, 0.4) is 0 Å². The number of para-hydroxylation sites is 1. The molecule has 0 bridgehead atoms. The van der Waals surface area contributed by atoms with E-state index >= 15 is 0 Å². The smallest absolute Gasteiger partial charge is 0.240 e. The summed E-state index contributed by atoms with van der Waals surface area (Å²) in [6.45, 7) is 0.566. The van der Waals surface area contributed by atoms with E-state index in [9.17, 15) is 9.59 Å². The Morgan fingerprint density at radius 3 is 2.43 bits per heavy atom. The number of benzene rings is 2. The molecule has 0 saturated heterocycles. The number of methoxy groups -OCH3 is 1. The van der Waals surface area contributed by atoms with Gasteiger partial charge in [0.15, 0.2) is 0 Å². The molecule has 0 radical (unpaired) electrons. The van der Waals surface area contributed by atoms with Crippen LogP contribution in [0.1, 0.15) is 18.4 Å². The molecule has 1 aromatic heterocycles. The van der Waals surface area contributed by atoms with Gasteiger partial charge < -0.3 is 30.7 Å². The number of ether oxygens (including phenoxy) is 2. The van der Waals surface area contributed by atoms with Crippen molar-refractivity contribution in [1.82, 2.24) is 4.98 Å². The number of amides is 2. The lowest BCUT2D eigenvalue weighted by atomic mass is 10.0. The van der Waals surface area contributed by atoms with Crippen molar-refractivity contribution in [3.63, 3.8) is 0 Å². The van der Waals surface area contributed by atoms with Crippen molar-refractivity contribution >= 4 is 51.9 Å². The van der Waals surface area contributed by atoms with E-state index in [0.29, 0.717) is 42.3 Å². The molecule has 9 nitrogen and oxygen atoms in total. The van der Waals surface area contributed by atoms with Gasteiger partial charge in [0.25, 0.3) is 0 Å². The average molecular weight is 520 g/mol. The number of halogens is 1. The van der Waals surface area contributed by atoms with Crippen LogP contribution in [0.25, 0.3) is 5.76 Å². The molecule has 2 aromatic carbocycles. The van der Waals surface area contributed by atoms with Crippen molar-refractivity contribution in [3.8, 4) is 11.6 Å². The van der Waals surface area contributed by atoms with Crippen LogP contribution in [0.15, 0.2) is 60.8 Å². The molecular weight excluding hydrogens is 494 g/mol. The van der Waals surface area contributed by atoms with Crippen molar-refractivity contribution in [2.75, 3.05) is 42.0 Å². The Kier molecular flexibility index (Phi) is 6.62. The van der Waals surface area contributed by atoms with Crippen LogP contribution >= 0.6 is 11.6 Å². The standard InChI is InChI=1S/C27H26ClN5O4/c1-29-21-14-20-18(13-23(21)36-2)22(8-11-30-20)37-24-19(28)12-17(15-31-24)33-26(35)27(9-10-27)25(34)32-16-6-4-3-5-7-16/h3-8,12-15,29-30H,9-11H2,1-2H3,(H,32,34)(H,33,35). The van der Waals surface area contributed by atoms with Gasteiger partial charge >= 0.3 is 0 Å². The molecule has 5 rings (SSSR count). The molecule has 3 aromatic rings. The van der Waals surface area contributed by atoms with Crippen molar-refractivity contribution in [2.24, 2.45) is 5.41 Å². The van der Waals surface area contributed by atoms with Crippen molar-refractivity contribution in [3.05, 3.63) is 71.4 Å². The van der Waals surface area contributed by atoms with Gasteiger partial charge in [-0.1, -0.05) is 29.8 Å². The van der Waals surface area contributed by atoms with Crippen LogP contribution in [0.4, 0.5) is 22.7 Å². The highest BCUT2D eigenvalue weighted by atomic mass is 35.5. The van der Waals surface area contributed by atoms with Crippen LogP contribution < -0.4 is 30.7 Å². The largest absolute Gasteiger partial charge is 0.495 e. The third kappa shape index (κ3) is 4.90. The van der Waals surface area contributed by atoms with Gasteiger partial charge in [0, 0.05) is 30.5 Å². The van der Waals surface area contributed by atoms with Crippen LogP contribution in [0.5, 0.6) is 11.6 Å². The number of pyridine rings is 1. The maximum Gasteiger partial charge on any atom is 0.240 e. The van der Waals surface area contributed by atoms with Crippen LogP contribution in [-0.4, -0.2) is 37.5 Å². The molecule has 1 saturated carbocycles. The minimum atomic E-state index is -1.10. The molecule has 2 amide bonds. The summed E-state index contributed by atoms with van der Waals surface area (Å²) >= 11 is 6.47. The number of carbonyl (C=O) groups excluding carboxylic acids is 2. The Hall–Kier alpha value is -4.24. The summed E-state index contributed by atoms with van der Waals surface area (Å²) in [5.74, 6) is 0.717. The SMILES string of the molecule is CNc1cc2c(cc1OC)C(Oc1ncc(NC(=O)C3(C(=O)Nc4ccccc4)CC3)cc1Cl)=CCN2. The lowest BCUT2D eigenvalue weighted by Gasteiger charge is -2.22. The third-order valence-corrected chi connectivity index (χ3v) is 6.65. The van der Waals surface area contributed by atoms with Gasteiger partial charge in [0.05, 0.1) is 24.7 Å². The van der Waals surface area contributed by atoms with E-state index in [1.54, 1.807) is 25.3 Å². The van der Waals surface area contributed by atoms with Gasteiger partial charge in [-0.3, -0.25) is 9.59 Å². The van der Waals surface area contributed by atoms with Gasteiger partial charge in [-0.15, -0.1) is 0 Å². The number of nitrogens with one attached hydrogen (secondary N) is 4. The first-order chi connectivity index (χ1) is 17.9. The molecule has 2 heterocycles. The number of aromatic nitrogens is 1. The van der Waals surface area contributed by atoms with E-state index in [1.807, 2.05) is 43.5 Å². The first kappa shape index (κ1) is 24.5. The van der Waals surface area contributed by atoms with E-state index in [4.69, 9.17) is 21.1 Å². The van der Waals surface area contributed by atoms with Crippen LogP contribution in [0.2, 0.25) is 5.02 Å². The number of fused-ring (bicyclic) bond motifs is 1. The van der Waals surface area contributed by atoms with E-state index in [2.05, 4.69) is 26.3 Å². The number of hydrogen-bond donors (Lipinski definition) is 4. The predicted molar refractivity (Wildman–Crippen MR) is 144 cm³/mol. The Bertz CT molecular complexity index is 1390. The second kappa shape index (κ2) is 10.0. The van der Waals surface area contributed by atoms with Crippen molar-refractivity contribution in [2.45, 2.75) is 12.8 Å². The molecule has 2 aliphatic rings. The summed E-state index contributed by atoms with van der Waals surface area (Å²) in [4.78, 5) is 30.1. The van der Waals surface area contributed by atoms with Crippen LogP contribution in [-0.2, 0) is 9.59 Å². The minimum Gasteiger partial charge on any atom is -0.495 e. The molecule has 10 heteroatoms. The number of nitrogens with zero attached hydrogens (tertiary/aromatic N) is 1. The zero-order chi connectivity index (χ0) is 26.0. The quantitative estimate of drug-likeness (QED) is 0.310. The maximum atomic E-state index is 13.0. The van der Waals surface area contributed by atoms with E-state index in [0.717, 1.165) is 16.9 Å². The molecule has 1 aliphatic carbocycles. The summed E-state index contributed by atoms with van der Waals surface area (Å²) in [6.07, 6.45) is 4.29. The summed E-state index contributed by atoms with van der Waals surface area (Å²) in [6, 6.07) is 14.4. The molecule has 4 N–H and O–H groups in total. The minimum absolute atomic E-state index is 0.193. The Morgan fingerprint density at radius 1 is 1.05 bits per heavy atom. The fourth-order valence-electron chi connectivity index (χ4n) is 4.13. The van der Waals surface area contributed by atoms with Gasteiger partial charge in [-0.05, 0) is 49.2 Å². The van der Waals surface area contributed by atoms with E-state index in [1.165, 1.54) is 6.20 Å². The Labute approximate surface area is 219 Å². The molecule has 0 unspecified atom stereocenters. The fourth-order valence-corrected chi connectivity index (χ4v) is 4.34.